The number of hydrogen-bond donors (Lipinski definition) is 2. The van der Waals surface area contributed by atoms with Gasteiger partial charge in [0.1, 0.15) is 5.82 Å². The average Bonchev–Trinajstić information content (AvgIpc) is 2.95. The van der Waals surface area contributed by atoms with Gasteiger partial charge in [-0.15, -0.1) is 24.8 Å². The molecule has 2 aliphatic rings. The maximum absolute atomic E-state index is 12.0. The predicted octanol–water partition coefficient (Wildman–Crippen LogP) is 2.30. The van der Waals surface area contributed by atoms with Gasteiger partial charge in [-0.2, -0.15) is 0 Å². The molecule has 0 bridgehead atoms. The zero-order chi connectivity index (χ0) is 14.1. The van der Waals surface area contributed by atoms with Crippen LogP contribution in [0.4, 0.5) is 5.82 Å². The second-order valence-electron chi connectivity index (χ2n) is 5.77. The first-order valence-electron chi connectivity index (χ1n) is 7.01. The molecule has 3 unspecified atom stereocenters. The number of carbonyl (C=O) groups is 1. The molecule has 1 aromatic rings. The Morgan fingerprint density at radius 1 is 1.36 bits per heavy atom. The van der Waals surface area contributed by atoms with Crippen molar-refractivity contribution in [3.05, 3.63) is 22.8 Å². The van der Waals surface area contributed by atoms with Crippen LogP contribution in [0, 0.1) is 11.8 Å². The maximum atomic E-state index is 12.0. The molecule has 1 saturated carbocycles. The summed E-state index contributed by atoms with van der Waals surface area (Å²) >= 11 is 3.32. The van der Waals surface area contributed by atoms with E-state index in [4.69, 9.17) is 5.73 Å². The summed E-state index contributed by atoms with van der Waals surface area (Å²) in [7, 11) is 0. The summed E-state index contributed by atoms with van der Waals surface area (Å²) in [6, 6.07) is 3.97. The molecule has 1 aromatic heterocycles. The zero-order valence-corrected chi connectivity index (χ0v) is 15.3. The fourth-order valence-electron chi connectivity index (χ4n) is 3.36. The molecule has 2 fully saturated rings. The summed E-state index contributed by atoms with van der Waals surface area (Å²) in [4.78, 5) is 18.4. The maximum Gasteiger partial charge on any atom is 0.239 e. The summed E-state index contributed by atoms with van der Waals surface area (Å²) in [5.41, 5.74) is 6.11. The number of aromatic nitrogens is 1. The molecule has 2 heterocycles. The number of pyridine rings is 1. The molecule has 5 nitrogen and oxygen atoms in total. The highest BCUT2D eigenvalue weighted by molar-refractivity contribution is 9.10. The first-order valence-corrected chi connectivity index (χ1v) is 7.80. The molecule has 1 aliphatic carbocycles. The Balaban J connectivity index is 0.00000121. The van der Waals surface area contributed by atoms with Crippen LogP contribution in [0.5, 0.6) is 0 Å². The summed E-state index contributed by atoms with van der Waals surface area (Å²) in [5.74, 6) is 1.85. The van der Waals surface area contributed by atoms with Crippen molar-refractivity contribution in [1.29, 1.82) is 0 Å². The average molecular weight is 412 g/mol. The lowest BCUT2D eigenvalue weighted by molar-refractivity contribution is -0.117. The van der Waals surface area contributed by atoms with E-state index in [2.05, 4.69) is 31.1 Å². The van der Waals surface area contributed by atoms with Crippen molar-refractivity contribution >= 4 is 52.5 Å². The van der Waals surface area contributed by atoms with Crippen LogP contribution in [0.3, 0.4) is 0 Å². The topological polar surface area (TPSA) is 71.2 Å². The molecule has 124 valence electrons. The van der Waals surface area contributed by atoms with Crippen LogP contribution in [0.1, 0.15) is 12.8 Å². The van der Waals surface area contributed by atoms with Gasteiger partial charge in [0, 0.05) is 29.8 Å². The predicted molar refractivity (Wildman–Crippen MR) is 95.7 cm³/mol. The lowest BCUT2D eigenvalue weighted by Gasteiger charge is -2.17. The molecule has 0 aromatic carbocycles. The minimum absolute atomic E-state index is 0. The number of hydrogen-bond acceptors (Lipinski definition) is 4. The van der Waals surface area contributed by atoms with Gasteiger partial charge in [0.2, 0.25) is 5.91 Å². The summed E-state index contributed by atoms with van der Waals surface area (Å²) in [6.07, 6.45) is 4.02. The van der Waals surface area contributed by atoms with E-state index in [1.165, 1.54) is 6.42 Å². The molecule has 1 amide bonds. The van der Waals surface area contributed by atoms with Crippen molar-refractivity contribution in [2.45, 2.75) is 18.9 Å². The molecule has 1 aliphatic heterocycles. The van der Waals surface area contributed by atoms with Crippen molar-refractivity contribution in [2.24, 2.45) is 17.6 Å². The molecular formula is C14H21BrCl2N4O. The number of halogens is 3. The Kier molecular flexibility index (Phi) is 7.55. The molecule has 0 spiro atoms. The van der Waals surface area contributed by atoms with Gasteiger partial charge in [-0.3, -0.25) is 9.69 Å². The molecule has 8 heteroatoms. The van der Waals surface area contributed by atoms with E-state index in [-0.39, 0.29) is 30.7 Å². The number of carbonyl (C=O) groups excluding carboxylic acids is 1. The van der Waals surface area contributed by atoms with E-state index in [1.54, 1.807) is 12.3 Å². The van der Waals surface area contributed by atoms with Gasteiger partial charge in [0.15, 0.2) is 0 Å². The fraction of sp³-hybridized carbons (Fsp3) is 0.571. The van der Waals surface area contributed by atoms with Crippen LogP contribution < -0.4 is 11.1 Å². The van der Waals surface area contributed by atoms with E-state index in [0.717, 1.165) is 24.0 Å². The van der Waals surface area contributed by atoms with Gasteiger partial charge in [0.05, 0.1) is 6.54 Å². The van der Waals surface area contributed by atoms with Crippen molar-refractivity contribution < 1.29 is 4.79 Å². The number of likely N-dealkylation sites (tertiary alicyclic amines) is 1. The van der Waals surface area contributed by atoms with E-state index in [0.29, 0.717) is 30.2 Å². The van der Waals surface area contributed by atoms with Crippen molar-refractivity contribution in [3.8, 4) is 0 Å². The second-order valence-corrected chi connectivity index (χ2v) is 6.68. The van der Waals surface area contributed by atoms with Gasteiger partial charge >= 0.3 is 0 Å². The molecule has 3 rings (SSSR count). The monoisotopic (exact) mass is 410 g/mol. The SMILES string of the molecule is Cl.Cl.NC1CCC2CN(CC(=O)Nc3ccc(Br)cn3)CC12. The van der Waals surface area contributed by atoms with Gasteiger partial charge in [-0.05, 0) is 52.7 Å². The van der Waals surface area contributed by atoms with Crippen LogP contribution >= 0.6 is 40.7 Å². The third-order valence-electron chi connectivity index (χ3n) is 4.35. The molecule has 3 N–H and O–H groups in total. The number of rotatable bonds is 3. The highest BCUT2D eigenvalue weighted by Gasteiger charge is 2.41. The zero-order valence-electron chi connectivity index (χ0n) is 12.1. The minimum Gasteiger partial charge on any atom is -0.327 e. The van der Waals surface area contributed by atoms with Crippen molar-refractivity contribution in [3.63, 3.8) is 0 Å². The van der Waals surface area contributed by atoms with Gasteiger partial charge in [-0.1, -0.05) is 0 Å². The van der Waals surface area contributed by atoms with Crippen LogP contribution in [-0.4, -0.2) is 41.5 Å². The third kappa shape index (κ3) is 4.55. The van der Waals surface area contributed by atoms with E-state index in [1.807, 2.05) is 6.07 Å². The van der Waals surface area contributed by atoms with Crippen LogP contribution in [0.25, 0.3) is 0 Å². The Labute approximate surface area is 151 Å². The number of fused-ring (bicyclic) bond motifs is 1. The van der Waals surface area contributed by atoms with Crippen LogP contribution in [0.15, 0.2) is 22.8 Å². The quantitative estimate of drug-likeness (QED) is 0.800. The largest absolute Gasteiger partial charge is 0.327 e. The van der Waals surface area contributed by atoms with Crippen molar-refractivity contribution in [1.82, 2.24) is 9.88 Å². The standard InChI is InChI=1S/C14H19BrN4O.2ClH/c15-10-2-4-13(17-5-10)18-14(20)8-19-6-9-1-3-12(16)11(9)7-19;;/h2,4-5,9,11-12H,1,3,6-8,16H2,(H,17,18,20);2*1H. The highest BCUT2D eigenvalue weighted by Crippen LogP contribution is 2.36. The highest BCUT2D eigenvalue weighted by atomic mass is 79.9. The molecule has 3 atom stereocenters. The first kappa shape index (κ1) is 19.6. The van der Waals surface area contributed by atoms with Crippen LogP contribution in [0.2, 0.25) is 0 Å². The Morgan fingerprint density at radius 3 is 2.77 bits per heavy atom. The summed E-state index contributed by atoms with van der Waals surface area (Å²) in [5, 5.41) is 2.83. The van der Waals surface area contributed by atoms with Gasteiger partial charge in [0.25, 0.3) is 0 Å². The lowest BCUT2D eigenvalue weighted by atomic mass is 9.98. The summed E-state index contributed by atoms with van der Waals surface area (Å²) < 4.78 is 0.900. The number of amides is 1. The van der Waals surface area contributed by atoms with Crippen molar-refractivity contribution in [2.75, 3.05) is 25.0 Å². The molecule has 1 saturated heterocycles. The lowest BCUT2D eigenvalue weighted by Crippen LogP contribution is -2.34. The fourth-order valence-corrected chi connectivity index (χ4v) is 3.60. The third-order valence-corrected chi connectivity index (χ3v) is 4.82. The number of anilines is 1. The van der Waals surface area contributed by atoms with E-state index in [9.17, 15) is 4.79 Å². The first-order chi connectivity index (χ1) is 9.61. The Bertz CT molecular complexity index is 502. The molecular weight excluding hydrogens is 391 g/mol. The molecule has 22 heavy (non-hydrogen) atoms. The normalized spacial score (nSPS) is 26.7. The minimum atomic E-state index is -0.00614. The van der Waals surface area contributed by atoms with E-state index < -0.39 is 0 Å². The summed E-state index contributed by atoms with van der Waals surface area (Å²) in [6.45, 7) is 2.38. The van der Waals surface area contributed by atoms with Gasteiger partial charge in [-0.25, -0.2) is 4.98 Å². The number of nitrogens with two attached hydrogens (primary N) is 1. The number of nitrogens with zero attached hydrogens (tertiary/aromatic N) is 2. The Morgan fingerprint density at radius 2 is 2.14 bits per heavy atom. The second kappa shape index (κ2) is 8.45. The van der Waals surface area contributed by atoms with Crippen LogP contribution in [-0.2, 0) is 4.79 Å². The molecule has 0 radical (unpaired) electrons. The van der Waals surface area contributed by atoms with Gasteiger partial charge < -0.3 is 11.1 Å². The smallest absolute Gasteiger partial charge is 0.239 e. The van der Waals surface area contributed by atoms with E-state index >= 15 is 0 Å². The number of nitrogens with one attached hydrogen (secondary N) is 1. The Hall–Kier alpha value is -0.400.